The average molecular weight is 230 g/mol. The van der Waals surface area contributed by atoms with Gasteiger partial charge in [-0.2, -0.15) is 0 Å². The maximum absolute atomic E-state index is 2.70. The van der Waals surface area contributed by atoms with Crippen LogP contribution < -0.4 is 0 Å². The molecule has 1 aromatic carbocycles. The Morgan fingerprint density at radius 2 is 1.71 bits per heavy atom. The van der Waals surface area contributed by atoms with Gasteiger partial charge in [0, 0.05) is 19.1 Å². The van der Waals surface area contributed by atoms with Crippen LogP contribution in [-0.4, -0.2) is 42.5 Å². The molecule has 2 aliphatic heterocycles. The van der Waals surface area contributed by atoms with E-state index in [2.05, 4.69) is 41.1 Å². The quantitative estimate of drug-likeness (QED) is 0.729. The Bertz CT molecular complexity index is 380. The third-order valence-electron chi connectivity index (χ3n) is 4.36. The van der Waals surface area contributed by atoms with Gasteiger partial charge < -0.3 is 4.90 Å². The summed E-state index contributed by atoms with van der Waals surface area (Å²) in [5.74, 6) is 0. The minimum atomic E-state index is 0.819. The number of fused-ring (bicyclic) bond motifs is 1. The lowest BCUT2D eigenvalue weighted by Gasteiger charge is -2.39. The molecule has 0 aromatic heterocycles. The van der Waals surface area contributed by atoms with Crippen molar-refractivity contribution in [1.82, 2.24) is 9.80 Å². The Kier molecular flexibility index (Phi) is 3.17. The summed E-state index contributed by atoms with van der Waals surface area (Å²) in [7, 11) is 2.24. The Balaban J connectivity index is 1.68. The summed E-state index contributed by atoms with van der Waals surface area (Å²) in [6, 6.07) is 9.76. The highest BCUT2D eigenvalue weighted by Crippen LogP contribution is 2.24. The molecule has 0 spiro atoms. The van der Waals surface area contributed by atoms with Gasteiger partial charge in [0.1, 0.15) is 0 Å². The molecule has 0 radical (unpaired) electrons. The zero-order valence-electron chi connectivity index (χ0n) is 10.7. The van der Waals surface area contributed by atoms with Gasteiger partial charge in [-0.1, -0.05) is 24.3 Å². The largest absolute Gasteiger partial charge is 0.306 e. The van der Waals surface area contributed by atoms with Crippen LogP contribution in [0.1, 0.15) is 24.0 Å². The van der Waals surface area contributed by atoms with E-state index in [-0.39, 0.29) is 0 Å². The first-order valence-corrected chi connectivity index (χ1v) is 6.82. The Labute approximate surface area is 104 Å². The molecular weight excluding hydrogens is 208 g/mol. The highest BCUT2D eigenvalue weighted by atomic mass is 15.2. The second-order valence-electron chi connectivity index (χ2n) is 5.52. The molecule has 17 heavy (non-hydrogen) atoms. The Morgan fingerprint density at radius 3 is 2.47 bits per heavy atom. The molecule has 1 saturated heterocycles. The molecule has 2 heterocycles. The predicted octanol–water partition coefficient (Wildman–Crippen LogP) is 2.14. The van der Waals surface area contributed by atoms with Gasteiger partial charge in [0.2, 0.25) is 0 Å². The number of nitrogens with zero attached hydrogens (tertiary/aromatic N) is 2. The van der Waals surface area contributed by atoms with Gasteiger partial charge in [0.15, 0.2) is 0 Å². The Hall–Kier alpha value is -0.860. The zero-order chi connectivity index (χ0) is 11.7. The van der Waals surface area contributed by atoms with Crippen LogP contribution in [0.25, 0.3) is 0 Å². The van der Waals surface area contributed by atoms with E-state index in [9.17, 15) is 0 Å². The number of piperidine rings is 1. The first kappa shape index (κ1) is 11.2. The highest BCUT2D eigenvalue weighted by Gasteiger charge is 2.25. The number of likely N-dealkylation sites (tertiary alicyclic amines) is 1. The van der Waals surface area contributed by atoms with Crippen molar-refractivity contribution in [3.8, 4) is 0 Å². The van der Waals surface area contributed by atoms with E-state index < -0.39 is 0 Å². The standard InChI is InChI=1S/C15H22N2/c1-16-9-7-15(8-10-16)17-11-6-13-4-2-3-5-14(13)12-17/h2-5,15H,6-12H2,1H3. The summed E-state index contributed by atoms with van der Waals surface area (Å²) in [5.41, 5.74) is 3.12. The van der Waals surface area contributed by atoms with E-state index in [4.69, 9.17) is 0 Å². The molecule has 0 atom stereocenters. The fourth-order valence-corrected chi connectivity index (χ4v) is 3.19. The zero-order valence-corrected chi connectivity index (χ0v) is 10.7. The van der Waals surface area contributed by atoms with Crippen LogP contribution in [0.15, 0.2) is 24.3 Å². The monoisotopic (exact) mass is 230 g/mol. The number of hydrogen-bond donors (Lipinski definition) is 0. The minimum absolute atomic E-state index is 0.819. The van der Waals surface area contributed by atoms with Gasteiger partial charge in [-0.05, 0) is 50.5 Å². The van der Waals surface area contributed by atoms with Crippen LogP contribution in [-0.2, 0) is 13.0 Å². The van der Waals surface area contributed by atoms with Gasteiger partial charge in [-0.25, -0.2) is 0 Å². The second-order valence-corrected chi connectivity index (χ2v) is 5.52. The van der Waals surface area contributed by atoms with E-state index in [1.165, 1.54) is 45.4 Å². The lowest BCUT2D eigenvalue weighted by Crippen LogP contribution is -2.45. The number of hydrogen-bond acceptors (Lipinski definition) is 2. The lowest BCUT2D eigenvalue weighted by molar-refractivity contribution is 0.109. The summed E-state index contributed by atoms with van der Waals surface area (Å²) in [6.45, 7) is 4.96. The smallest absolute Gasteiger partial charge is 0.0239 e. The summed E-state index contributed by atoms with van der Waals surface area (Å²) < 4.78 is 0. The van der Waals surface area contributed by atoms with Crippen LogP contribution in [0.2, 0.25) is 0 Å². The van der Waals surface area contributed by atoms with Crippen LogP contribution in [0.5, 0.6) is 0 Å². The fraction of sp³-hybridized carbons (Fsp3) is 0.600. The highest BCUT2D eigenvalue weighted by molar-refractivity contribution is 5.29. The van der Waals surface area contributed by atoms with Gasteiger partial charge >= 0.3 is 0 Å². The van der Waals surface area contributed by atoms with Gasteiger partial charge in [-0.3, -0.25) is 4.90 Å². The number of rotatable bonds is 1. The lowest BCUT2D eigenvalue weighted by atomic mass is 9.95. The first-order chi connectivity index (χ1) is 8.33. The Morgan fingerprint density at radius 1 is 1.00 bits per heavy atom. The summed E-state index contributed by atoms with van der Waals surface area (Å²) in [6.07, 6.45) is 3.93. The van der Waals surface area contributed by atoms with Crippen molar-refractivity contribution < 1.29 is 0 Å². The third-order valence-corrected chi connectivity index (χ3v) is 4.36. The summed E-state index contributed by atoms with van der Waals surface area (Å²) in [5, 5.41) is 0. The molecule has 0 amide bonds. The minimum Gasteiger partial charge on any atom is -0.306 e. The molecule has 0 bridgehead atoms. The van der Waals surface area contributed by atoms with Gasteiger partial charge in [0.25, 0.3) is 0 Å². The van der Waals surface area contributed by atoms with Crippen LogP contribution in [0, 0.1) is 0 Å². The molecule has 1 aromatic rings. The molecule has 1 fully saturated rings. The van der Waals surface area contributed by atoms with Crippen LogP contribution in [0.4, 0.5) is 0 Å². The van der Waals surface area contributed by atoms with Crippen molar-refractivity contribution in [2.75, 3.05) is 26.7 Å². The van der Waals surface area contributed by atoms with E-state index >= 15 is 0 Å². The SMILES string of the molecule is CN1CCC(N2CCc3ccccc3C2)CC1. The predicted molar refractivity (Wildman–Crippen MR) is 71.1 cm³/mol. The molecule has 0 aliphatic carbocycles. The molecule has 2 heteroatoms. The molecule has 92 valence electrons. The van der Waals surface area contributed by atoms with Crippen molar-refractivity contribution in [3.63, 3.8) is 0 Å². The molecule has 3 rings (SSSR count). The first-order valence-electron chi connectivity index (χ1n) is 6.82. The normalized spacial score (nSPS) is 23.6. The second kappa shape index (κ2) is 4.79. The molecular formula is C15H22N2. The topological polar surface area (TPSA) is 6.48 Å². The summed E-state index contributed by atoms with van der Waals surface area (Å²) >= 11 is 0. The van der Waals surface area contributed by atoms with E-state index in [0.29, 0.717) is 0 Å². The molecule has 2 nitrogen and oxygen atoms in total. The molecule has 0 N–H and O–H groups in total. The van der Waals surface area contributed by atoms with Crippen LogP contribution >= 0.6 is 0 Å². The van der Waals surface area contributed by atoms with Crippen molar-refractivity contribution in [3.05, 3.63) is 35.4 Å². The van der Waals surface area contributed by atoms with Gasteiger partial charge in [-0.15, -0.1) is 0 Å². The van der Waals surface area contributed by atoms with E-state index in [1.807, 2.05) is 0 Å². The maximum Gasteiger partial charge on any atom is 0.0239 e. The fourth-order valence-electron chi connectivity index (χ4n) is 3.19. The van der Waals surface area contributed by atoms with E-state index in [0.717, 1.165) is 6.04 Å². The van der Waals surface area contributed by atoms with Crippen molar-refractivity contribution in [1.29, 1.82) is 0 Å². The summed E-state index contributed by atoms with van der Waals surface area (Å²) in [4.78, 5) is 5.16. The average Bonchev–Trinajstić information content (AvgIpc) is 2.39. The molecule has 2 aliphatic rings. The maximum atomic E-state index is 2.70. The van der Waals surface area contributed by atoms with Gasteiger partial charge in [0.05, 0.1) is 0 Å². The molecule has 0 unspecified atom stereocenters. The van der Waals surface area contributed by atoms with Crippen molar-refractivity contribution in [2.45, 2.75) is 31.8 Å². The van der Waals surface area contributed by atoms with Crippen molar-refractivity contribution >= 4 is 0 Å². The van der Waals surface area contributed by atoms with E-state index in [1.54, 1.807) is 11.1 Å². The third kappa shape index (κ3) is 2.38. The molecule has 0 saturated carbocycles. The number of benzene rings is 1. The van der Waals surface area contributed by atoms with Crippen LogP contribution in [0.3, 0.4) is 0 Å². The van der Waals surface area contributed by atoms with Crippen molar-refractivity contribution in [2.24, 2.45) is 0 Å².